The molecule has 0 aliphatic carbocycles. The fourth-order valence-corrected chi connectivity index (χ4v) is 3.70. The largest absolute Gasteiger partial charge is 0.494 e. The molecule has 6 nitrogen and oxygen atoms in total. The number of carbonyl (C=O) groups is 1. The average Bonchev–Trinajstić information content (AvgIpc) is 3.14. The molecule has 0 unspecified atom stereocenters. The molecule has 0 aromatic heterocycles. The minimum Gasteiger partial charge on any atom is -0.494 e. The topological polar surface area (TPSA) is 63.2 Å². The summed E-state index contributed by atoms with van der Waals surface area (Å²) < 4.78 is 5.45. The predicted octanol–water partition coefficient (Wildman–Crippen LogP) is 3.24. The molecule has 1 amide bonds. The molecule has 2 aliphatic rings. The van der Waals surface area contributed by atoms with Gasteiger partial charge in [-0.15, -0.1) is 0 Å². The van der Waals surface area contributed by atoms with Crippen molar-refractivity contribution in [1.82, 2.24) is 10.4 Å². The maximum absolute atomic E-state index is 12.7. The number of ether oxygens (including phenoxy) is 1. The van der Waals surface area contributed by atoms with Crippen LogP contribution < -0.4 is 10.2 Å². The Balaban J connectivity index is 1.34. The van der Waals surface area contributed by atoms with Crippen LogP contribution in [0.1, 0.15) is 36.5 Å². The second-order valence-electron chi connectivity index (χ2n) is 7.61. The highest BCUT2D eigenvalue weighted by Crippen LogP contribution is 2.31. The summed E-state index contributed by atoms with van der Waals surface area (Å²) in [6.45, 7) is 5.94. The van der Waals surface area contributed by atoms with Crippen molar-refractivity contribution in [3.63, 3.8) is 0 Å². The van der Waals surface area contributed by atoms with E-state index in [2.05, 4.69) is 24.5 Å². The van der Waals surface area contributed by atoms with Gasteiger partial charge in [-0.2, -0.15) is 0 Å². The monoisotopic (exact) mass is 393 g/mol. The van der Waals surface area contributed by atoms with E-state index < -0.39 is 5.72 Å². The molecule has 1 N–H and O–H groups in total. The standard InChI is InChI=1S/C23H27N3O3/c1-3-28-20-10-6-18(7-11-20)16-21(27)26-14-12-23(13-15-26)24-22(25-29-23)19-8-4-17(2)5-9-19/h4-11H,3,12-16H2,1-2H3,(H,24,25). The number of benzene rings is 2. The minimum absolute atomic E-state index is 0.137. The van der Waals surface area contributed by atoms with Crippen LogP contribution in [0.5, 0.6) is 5.75 Å². The second kappa shape index (κ2) is 8.25. The van der Waals surface area contributed by atoms with Crippen LogP contribution in [0.2, 0.25) is 0 Å². The molecule has 2 aromatic carbocycles. The maximum atomic E-state index is 12.7. The lowest BCUT2D eigenvalue weighted by molar-refractivity contribution is -0.138. The highest BCUT2D eigenvalue weighted by Gasteiger charge is 2.41. The number of hydrogen-bond donors (Lipinski definition) is 1. The first-order valence-corrected chi connectivity index (χ1v) is 10.2. The minimum atomic E-state index is -0.573. The van der Waals surface area contributed by atoms with E-state index in [0.717, 1.165) is 22.7 Å². The number of amidine groups is 1. The maximum Gasteiger partial charge on any atom is 0.226 e. The van der Waals surface area contributed by atoms with Crippen LogP contribution in [0.4, 0.5) is 0 Å². The summed E-state index contributed by atoms with van der Waals surface area (Å²) in [4.78, 5) is 25.3. The third-order valence-electron chi connectivity index (χ3n) is 5.47. The Bertz CT molecular complexity index is 883. The van der Waals surface area contributed by atoms with Crippen molar-refractivity contribution >= 4 is 11.7 Å². The van der Waals surface area contributed by atoms with Crippen LogP contribution >= 0.6 is 0 Å². The molecule has 152 valence electrons. The SMILES string of the molecule is CCOc1ccc(CC(=O)N2CCC3(CC2)N=C(c2ccc(C)cc2)NO3)cc1. The number of likely N-dealkylation sites (tertiary alicyclic amines) is 1. The molecule has 6 heteroatoms. The molecule has 2 aromatic rings. The number of hydroxylamine groups is 1. The Morgan fingerprint density at radius 3 is 2.48 bits per heavy atom. The Morgan fingerprint density at radius 1 is 1.14 bits per heavy atom. The average molecular weight is 393 g/mol. The first kappa shape index (κ1) is 19.5. The van der Waals surface area contributed by atoms with E-state index in [1.165, 1.54) is 5.56 Å². The van der Waals surface area contributed by atoms with Gasteiger partial charge >= 0.3 is 0 Å². The number of amides is 1. The van der Waals surface area contributed by atoms with Crippen molar-refractivity contribution in [3.05, 3.63) is 65.2 Å². The fraction of sp³-hybridized carbons (Fsp3) is 0.391. The lowest BCUT2D eigenvalue weighted by atomic mass is 10.00. The number of hydrogen-bond acceptors (Lipinski definition) is 5. The van der Waals surface area contributed by atoms with Crippen LogP contribution in [0.25, 0.3) is 0 Å². The highest BCUT2D eigenvalue weighted by molar-refractivity contribution is 5.99. The lowest BCUT2D eigenvalue weighted by Crippen LogP contribution is -2.47. The molecular formula is C23H27N3O3. The fourth-order valence-electron chi connectivity index (χ4n) is 3.70. The Kier molecular flexibility index (Phi) is 5.53. The van der Waals surface area contributed by atoms with Gasteiger partial charge in [0.05, 0.1) is 13.0 Å². The molecule has 29 heavy (non-hydrogen) atoms. The van der Waals surface area contributed by atoms with Crippen LogP contribution in [0, 0.1) is 6.92 Å². The van der Waals surface area contributed by atoms with E-state index in [1.807, 2.05) is 48.2 Å². The third kappa shape index (κ3) is 4.43. The highest BCUT2D eigenvalue weighted by atomic mass is 16.7. The Hall–Kier alpha value is -2.86. The molecule has 0 radical (unpaired) electrons. The summed E-state index contributed by atoms with van der Waals surface area (Å²) in [5, 5.41) is 0. The summed E-state index contributed by atoms with van der Waals surface area (Å²) in [7, 11) is 0. The lowest BCUT2D eigenvalue weighted by Gasteiger charge is -2.35. The molecular weight excluding hydrogens is 366 g/mol. The number of rotatable bonds is 5. The number of aryl methyl sites for hydroxylation is 1. The van der Waals surface area contributed by atoms with Crippen LogP contribution in [0.3, 0.4) is 0 Å². The van der Waals surface area contributed by atoms with Crippen LogP contribution in [-0.4, -0.2) is 42.1 Å². The van der Waals surface area contributed by atoms with Gasteiger partial charge < -0.3 is 9.64 Å². The Morgan fingerprint density at radius 2 is 1.83 bits per heavy atom. The van der Waals surface area contributed by atoms with Gasteiger partial charge in [0, 0.05) is 31.5 Å². The number of nitrogens with zero attached hydrogens (tertiary/aromatic N) is 2. The van der Waals surface area contributed by atoms with Crippen LogP contribution in [-0.2, 0) is 16.1 Å². The summed E-state index contributed by atoms with van der Waals surface area (Å²) in [5.41, 5.74) is 5.64. The zero-order valence-electron chi connectivity index (χ0n) is 17.0. The van der Waals surface area contributed by atoms with Crippen molar-refractivity contribution in [2.24, 2.45) is 4.99 Å². The second-order valence-corrected chi connectivity index (χ2v) is 7.61. The number of piperidine rings is 1. The zero-order valence-corrected chi connectivity index (χ0v) is 17.0. The number of aliphatic imine (C=N–C) groups is 1. The van der Waals surface area contributed by atoms with Gasteiger partial charge in [0.1, 0.15) is 5.75 Å². The third-order valence-corrected chi connectivity index (χ3v) is 5.47. The van der Waals surface area contributed by atoms with Crippen molar-refractivity contribution in [3.8, 4) is 5.75 Å². The van der Waals surface area contributed by atoms with Crippen molar-refractivity contribution in [2.45, 2.75) is 38.8 Å². The summed E-state index contributed by atoms with van der Waals surface area (Å²) in [6.07, 6.45) is 1.77. The summed E-state index contributed by atoms with van der Waals surface area (Å²) in [6, 6.07) is 15.9. The predicted molar refractivity (Wildman–Crippen MR) is 112 cm³/mol. The molecule has 1 fully saturated rings. The van der Waals surface area contributed by atoms with E-state index in [0.29, 0.717) is 39.0 Å². The first-order chi connectivity index (χ1) is 14.1. The molecule has 1 saturated heterocycles. The molecule has 0 atom stereocenters. The molecule has 4 rings (SSSR count). The number of carbonyl (C=O) groups excluding carboxylic acids is 1. The number of nitrogens with one attached hydrogen (secondary N) is 1. The molecule has 1 spiro atoms. The van der Waals surface area contributed by atoms with E-state index in [1.54, 1.807) is 0 Å². The smallest absolute Gasteiger partial charge is 0.226 e. The quantitative estimate of drug-likeness (QED) is 0.847. The van der Waals surface area contributed by atoms with Gasteiger partial charge in [0.15, 0.2) is 11.6 Å². The van der Waals surface area contributed by atoms with Gasteiger partial charge in [0.2, 0.25) is 5.91 Å². The van der Waals surface area contributed by atoms with E-state index in [9.17, 15) is 4.79 Å². The van der Waals surface area contributed by atoms with E-state index in [-0.39, 0.29) is 5.91 Å². The van der Waals surface area contributed by atoms with Gasteiger partial charge in [-0.25, -0.2) is 15.3 Å². The van der Waals surface area contributed by atoms with Crippen molar-refractivity contribution in [2.75, 3.05) is 19.7 Å². The van der Waals surface area contributed by atoms with E-state index >= 15 is 0 Å². The van der Waals surface area contributed by atoms with Gasteiger partial charge in [-0.3, -0.25) is 4.79 Å². The summed E-state index contributed by atoms with van der Waals surface area (Å²) in [5.74, 6) is 1.73. The Labute approximate surface area is 171 Å². The molecule has 0 saturated carbocycles. The van der Waals surface area contributed by atoms with Gasteiger partial charge in [0.25, 0.3) is 0 Å². The van der Waals surface area contributed by atoms with Gasteiger partial charge in [-0.1, -0.05) is 42.0 Å². The van der Waals surface area contributed by atoms with Crippen LogP contribution in [0.15, 0.2) is 53.5 Å². The molecule has 0 bridgehead atoms. The zero-order chi connectivity index (χ0) is 20.3. The van der Waals surface area contributed by atoms with Crippen molar-refractivity contribution in [1.29, 1.82) is 0 Å². The molecule has 2 aliphatic heterocycles. The normalized spacial score (nSPS) is 17.7. The summed E-state index contributed by atoms with van der Waals surface area (Å²) >= 11 is 0. The first-order valence-electron chi connectivity index (χ1n) is 10.2. The van der Waals surface area contributed by atoms with Gasteiger partial charge in [-0.05, 0) is 31.5 Å². The van der Waals surface area contributed by atoms with Crippen molar-refractivity contribution < 1.29 is 14.4 Å². The molecule has 2 heterocycles. The van der Waals surface area contributed by atoms with E-state index in [4.69, 9.17) is 14.6 Å².